The SMILES string of the molecule is CCOC(=O)c1cn(C2CC2)c2c(OC)c(-c3cc4c(s3)CCC(C)C4NC(=O)OC(C)(C)C)ccc2c1=O. The Hall–Kier alpha value is -3.33. The minimum absolute atomic E-state index is 0.0442. The van der Waals surface area contributed by atoms with Gasteiger partial charge in [0.2, 0.25) is 5.43 Å². The number of pyridine rings is 1. The van der Waals surface area contributed by atoms with Crippen LogP contribution < -0.4 is 15.5 Å². The molecule has 2 aliphatic carbocycles. The molecule has 208 valence electrons. The number of hydrogen-bond donors (Lipinski definition) is 1. The number of carbonyl (C=O) groups is 2. The van der Waals surface area contributed by atoms with Gasteiger partial charge in [0.05, 0.1) is 30.7 Å². The highest BCUT2D eigenvalue weighted by Crippen LogP contribution is 2.47. The van der Waals surface area contributed by atoms with Crippen LogP contribution in [0.3, 0.4) is 0 Å². The van der Waals surface area contributed by atoms with Crippen molar-refractivity contribution in [1.29, 1.82) is 0 Å². The van der Waals surface area contributed by atoms with Gasteiger partial charge in [0, 0.05) is 27.6 Å². The van der Waals surface area contributed by atoms with E-state index in [4.69, 9.17) is 14.2 Å². The number of aryl methyl sites for hydroxylation is 1. The van der Waals surface area contributed by atoms with Crippen LogP contribution in [0, 0.1) is 5.92 Å². The fourth-order valence-electron chi connectivity index (χ4n) is 5.33. The first-order chi connectivity index (χ1) is 18.5. The Labute approximate surface area is 232 Å². The highest BCUT2D eigenvalue weighted by atomic mass is 32.1. The first-order valence-corrected chi connectivity index (χ1v) is 14.4. The third-order valence-corrected chi connectivity index (χ3v) is 8.54. The molecule has 2 unspecified atom stereocenters. The summed E-state index contributed by atoms with van der Waals surface area (Å²) in [4.78, 5) is 40.8. The molecule has 2 aromatic heterocycles. The van der Waals surface area contributed by atoms with E-state index in [-0.39, 0.29) is 35.6 Å². The van der Waals surface area contributed by atoms with Crippen molar-refractivity contribution in [2.45, 2.75) is 78.0 Å². The summed E-state index contributed by atoms with van der Waals surface area (Å²) >= 11 is 1.69. The van der Waals surface area contributed by atoms with Gasteiger partial charge in [-0.1, -0.05) is 6.92 Å². The molecule has 39 heavy (non-hydrogen) atoms. The van der Waals surface area contributed by atoms with E-state index < -0.39 is 17.7 Å². The smallest absolute Gasteiger partial charge is 0.408 e. The molecule has 1 aromatic carbocycles. The number of thiophene rings is 1. The van der Waals surface area contributed by atoms with Crippen LogP contribution in [0.5, 0.6) is 5.75 Å². The molecule has 1 saturated carbocycles. The fourth-order valence-corrected chi connectivity index (χ4v) is 6.58. The molecular weight excluding hydrogens is 516 g/mol. The Morgan fingerprint density at radius 3 is 2.56 bits per heavy atom. The summed E-state index contributed by atoms with van der Waals surface area (Å²) in [7, 11) is 1.61. The zero-order valence-electron chi connectivity index (χ0n) is 23.4. The lowest BCUT2D eigenvalue weighted by Gasteiger charge is -2.31. The van der Waals surface area contributed by atoms with Gasteiger partial charge in [-0.25, -0.2) is 9.59 Å². The zero-order valence-corrected chi connectivity index (χ0v) is 24.2. The van der Waals surface area contributed by atoms with Crippen molar-refractivity contribution >= 4 is 34.3 Å². The standard InChI is InChI=1S/C30H36N2O6S/c1-7-37-28(34)21-15-32(17-9-10-17)25-19(26(21)33)12-11-18(27(25)36-6)23-14-20-22(39-23)13-8-16(2)24(20)31-29(35)38-30(3,4)5/h11-12,14-17,24H,7-10,13H2,1-6H3,(H,31,35). The van der Waals surface area contributed by atoms with E-state index in [1.54, 1.807) is 37.6 Å². The molecule has 2 aliphatic rings. The number of ether oxygens (including phenoxy) is 3. The lowest BCUT2D eigenvalue weighted by atomic mass is 9.84. The Kier molecular flexibility index (Phi) is 7.22. The maximum absolute atomic E-state index is 13.4. The summed E-state index contributed by atoms with van der Waals surface area (Å²) in [5, 5.41) is 3.53. The van der Waals surface area contributed by atoms with Gasteiger partial charge in [-0.15, -0.1) is 11.3 Å². The molecule has 1 fully saturated rings. The molecule has 1 amide bonds. The average molecular weight is 553 g/mol. The van der Waals surface area contributed by atoms with Crippen LogP contribution in [0.25, 0.3) is 21.3 Å². The Morgan fingerprint density at radius 1 is 1.18 bits per heavy atom. The van der Waals surface area contributed by atoms with Gasteiger partial charge in [0.1, 0.15) is 11.2 Å². The Balaban J connectivity index is 1.60. The molecule has 0 aliphatic heterocycles. The molecule has 2 heterocycles. The summed E-state index contributed by atoms with van der Waals surface area (Å²) in [6.07, 6.45) is 5.04. The lowest BCUT2D eigenvalue weighted by molar-refractivity contribution is 0.0480. The number of esters is 1. The van der Waals surface area contributed by atoms with E-state index in [1.165, 1.54) is 4.88 Å². The van der Waals surface area contributed by atoms with Crippen molar-refractivity contribution < 1.29 is 23.8 Å². The minimum Gasteiger partial charge on any atom is -0.494 e. The van der Waals surface area contributed by atoms with Gasteiger partial charge < -0.3 is 24.1 Å². The van der Waals surface area contributed by atoms with Crippen molar-refractivity contribution in [3.05, 3.63) is 50.6 Å². The zero-order chi connectivity index (χ0) is 28.1. The molecule has 9 heteroatoms. The second-order valence-electron chi connectivity index (χ2n) is 11.4. The van der Waals surface area contributed by atoms with Crippen LogP contribution in [0.1, 0.15) is 86.8 Å². The second-order valence-corrected chi connectivity index (χ2v) is 12.5. The van der Waals surface area contributed by atoms with E-state index in [0.29, 0.717) is 16.7 Å². The number of fused-ring (bicyclic) bond motifs is 2. The van der Waals surface area contributed by atoms with Crippen molar-refractivity contribution in [3.63, 3.8) is 0 Å². The maximum atomic E-state index is 13.4. The molecule has 3 aromatic rings. The average Bonchev–Trinajstić information content (AvgIpc) is 3.62. The van der Waals surface area contributed by atoms with Crippen LogP contribution in [0.4, 0.5) is 4.79 Å². The third kappa shape index (κ3) is 5.29. The predicted octanol–water partition coefficient (Wildman–Crippen LogP) is 6.40. The molecule has 0 spiro atoms. The number of nitrogens with one attached hydrogen (secondary N) is 1. The highest BCUT2D eigenvalue weighted by Gasteiger charge is 2.33. The van der Waals surface area contributed by atoms with Crippen LogP contribution in [0.2, 0.25) is 0 Å². The lowest BCUT2D eigenvalue weighted by Crippen LogP contribution is -2.38. The van der Waals surface area contributed by atoms with Crippen LogP contribution >= 0.6 is 11.3 Å². The van der Waals surface area contributed by atoms with E-state index in [2.05, 4.69) is 18.3 Å². The van der Waals surface area contributed by atoms with E-state index >= 15 is 0 Å². The molecular formula is C30H36N2O6S. The fraction of sp³-hybridized carbons (Fsp3) is 0.500. The summed E-state index contributed by atoms with van der Waals surface area (Å²) in [5.74, 6) is 0.257. The maximum Gasteiger partial charge on any atom is 0.408 e. The van der Waals surface area contributed by atoms with Gasteiger partial charge in [0.15, 0.2) is 5.75 Å². The molecule has 0 bridgehead atoms. The van der Waals surface area contributed by atoms with Crippen LogP contribution in [0.15, 0.2) is 29.2 Å². The Bertz CT molecular complexity index is 1490. The number of nitrogens with zero attached hydrogens (tertiary/aromatic N) is 1. The minimum atomic E-state index is -0.606. The van der Waals surface area contributed by atoms with E-state index in [9.17, 15) is 14.4 Å². The van der Waals surface area contributed by atoms with Crippen molar-refractivity contribution in [1.82, 2.24) is 9.88 Å². The number of methoxy groups -OCH3 is 1. The van der Waals surface area contributed by atoms with Crippen molar-refractivity contribution in [2.24, 2.45) is 5.92 Å². The van der Waals surface area contributed by atoms with Crippen LogP contribution in [-0.2, 0) is 15.9 Å². The van der Waals surface area contributed by atoms with Crippen molar-refractivity contribution in [3.8, 4) is 16.2 Å². The van der Waals surface area contributed by atoms with Crippen molar-refractivity contribution in [2.75, 3.05) is 13.7 Å². The number of rotatable bonds is 6. The molecule has 8 nitrogen and oxygen atoms in total. The summed E-state index contributed by atoms with van der Waals surface area (Å²) < 4.78 is 18.7. The van der Waals surface area contributed by atoms with E-state index in [1.807, 2.05) is 31.4 Å². The number of alkyl carbamates (subject to hydrolysis) is 1. The van der Waals surface area contributed by atoms with Crippen LogP contribution in [-0.4, -0.2) is 35.9 Å². The largest absolute Gasteiger partial charge is 0.494 e. The van der Waals surface area contributed by atoms with Gasteiger partial charge in [-0.05, 0) is 83.1 Å². The molecule has 2 atom stereocenters. The molecule has 0 radical (unpaired) electrons. The first kappa shape index (κ1) is 27.2. The van der Waals surface area contributed by atoms with Gasteiger partial charge in [0.25, 0.3) is 0 Å². The second kappa shape index (κ2) is 10.3. The number of aromatic nitrogens is 1. The monoisotopic (exact) mass is 552 g/mol. The Morgan fingerprint density at radius 2 is 1.92 bits per heavy atom. The van der Waals surface area contributed by atoms with E-state index in [0.717, 1.165) is 41.7 Å². The molecule has 0 saturated heterocycles. The number of benzene rings is 1. The molecule has 5 rings (SSSR count). The normalized spacial score (nSPS) is 18.9. The van der Waals surface area contributed by atoms with Gasteiger partial charge in [-0.2, -0.15) is 0 Å². The quantitative estimate of drug-likeness (QED) is 0.356. The van der Waals surface area contributed by atoms with Gasteiger partial charge >= 0.3 is 12.1 Å². The summed E-state index contributed by atoms with van der Waals surface area (Å²) in [6, 6.07) is 5.86. The summed E-state index contributed by atoms with van der Waals surface area (Å²) in [6.45, 7) is 9.64. The first-order valence-electron chi connectivity index (χ1n) is 13.6. The predicted molar refractivity (Wildman–Crippen MR) is 152 cm³/mol. The summed E-state index contributed by atoms with van der Waals surface area (Å²) in [5.41, 5.74) is 1.78. The number of carbonyl (C=O) groups excluding carboxylic acids is 2. The molecule has 1 N–H and O–H groups in total. The number of hydrogen-bond acceptors (Lipinski definition) is 7. The topological polar surface area (TPSA) is 95.9 Å². The highest BCUT2D eigenvalue weighted by molar-refractivity contribution is 7.15. The van der Waals surface area contributed by atoms with Gasteiger partial charge in [-0.3, -0.25) is 4.79 Å². The number of amides is 1. The third-order valence-electron chi connectivity index (χ3n) is 7.30.